The molecule has 0 heterocycles. The third kappa shape index (κ3) is 6.21. The fraction of sp³-hybridized carbons (Fsp3) is 0.167. The Morgan fingerprint density at radius 1 is 0.793 bits per heavy atom. The second kappa shape index (κ2) is 10.1. The Morgan fingerprint density at radius 2 is 1.55 bits per heavy atom. The van der Waals surface area contributed by atoms with Crippen LogP contribution in [0.4, 0.5) is 0 Å². The lowest BCUT2D eigenvalue weighted by atomic mass is 10.1. The van der Waals surface area contributed by atoms with Gasteiger partial charge in [-0.1, -0.05) is 48.5 Å². The number of benzene rings is 3. The lowest BCUT2D eigenvalue weighted by molar-refractivity contribution is -0.133. The SMILES string of the molecule is COc1ccc(CC(=O)Oc2cccc(C(=O)OCCc3ccccc3)c2)cc1. The number of ether oxygens (including phenoxy) is 3. The first-order valence-corrected chi connectivity index (χ1v) is 9.29. The van der Waals surface area contributed by atoms with Gasteiger partial charge in [-0.05, 0) is 41.5 Å². The lowest BCUT2D eigenvalue weighted by Crippen LogP contribution is -2.12. The van der Waals surface area contributed by atoms with E-state index in [1.54, 1.807) is 49.6 Å². The first kappa shape index (κ1) is 20.1. The van der Waals surface area contributed by atoms with Crippen molar-refractivity contribution in [2.24, 2.45) is 0 Å². The van der Waals surface area contributed by atoms with Gasteiger partial charge in [0.25, 0.3) is 0 Å². The molecule has 0 saturated heterocycles. The minimum atomic E-state index is -0.450. The van der Waals surface area contributed by atoms with Crippen LogP contribution in [-0.2, 0) is 22.4 Å². The van der Waals surface area contributed by atoms with Gasteiger partial charge in [0.1, 0.15) is 11.5 Å². The largest absolute Gasteiger partial charge is 0.497 e. The first-order valence-electron chi connectivity index (χ1n) is 9.29. The Morgan fingerprint density at radius 3 is 2.28 bits per heavy atom. The van der Waals surface area contributed by atoms with Crippen molar-refractivity contribution in [2.45, 2.75) is 12.8 Å². The molecule has 0 aliphatic carbocycles. The Hall–Kier alpha value is -3.60. The summed E-state index contributed by atoms with van der Waals surface area (Å²) in [7, 11) is 1.59. The standard InChI is InChI=1S/C24H22O5/c1-27-21-12-10-19(11-13-21)16-23(25)29-22-9-5-8-20(17-22)24(26)28-15-14-18-6-3-2-4-7-18/h2-13,17H,14-16H2,1H3. The molecule has 0 unspecified atom stereocenters. The van der Waals surface area contributed by atoms with Crippen molar-refractivity contribution in [2.75, 3.05) is 13.7 Å². The van der Waals surface area contributed by atoms with E-state index in [2.05, 4.69) is 0 Å². The maximum absolute atomic E-state index is 12.2. The highest BCUT2D eigenvalue weighted by atomic mass is 16.5. The van der Waals surface area contributed by atoms with Crippen LogP contribution in [0.1, 0.15) is 21.5 Å². The van der Waals surface area contributed by atoms with Crippen molar-refractivity contribution in [1.29, 1.82) is 0 Å². The summed E-state index contributed by atoms with van der Waals surface area (Å²) in [5.41, 5.74) is 2.25. The predicted molar refractivity (Wildman–Crippen MR) is 109 cm³/mol. The summed E-state index contributed by atoms with van der Waals surface area (Å²) in [5, 5.41) is 0. The van der Waals surface area contributed by atoms with Crippen LogP contribution in [0, 0.1) is 0 Å². The summed E-state index contributed by atoms with van der Waals surface area (Å²) < 4.78 is 15.8. The van der Waals surface area contributed by atoms with Crippen LogP contribution in [0.3, 0.4) is 0 Å². The molecule has 0 bridgehead atoms. The second-order valence-electron chi connectivity index (χ2n) is 6.40. The van der Waals surface area contributed by atoms with Gasteiger partial charge in [-0.15, -0.1) is 0 Å². The van der Waals surface area contributed by atoms with E-state index in [4.69, 9.17) is 14.2 Å². The number of hydrogen-bond acceptors (Lipinski definition) is 5. The quantitative estimate of drug-likeness (QED) is 0.425. The first-order chi connectivity index (χ1) is 14.1. The molecule has 0 saturated carbocycles. The molecular weight excluding hydrogens is 368 g/mol. The molecular formula is C24H22O5. The zero-order chi connectivity index (χ0) is 20.5. The van der Waals surface area contributed by atoms with E-state index in [1.807, 2.05) is 30.3 Å². The summed E-state index contributed by atoms with van der Waals surface area (Å²) >= 11 is 0. The molecule has 29 heavy (non-hydrogen) atoms. The van der Waals surface area contributed by atoms with Crippen LogP contribution in [0.25, 0.3) is 0 Å². The van der Waals surface area contributed by atoms with E-state index in [-0.39, 0.29) is 13.0 Å². The molecule has 0 fully saturated rings. The topological polar surface area (TPSA) is 61.8 Å². The van der Waals surface area contributed by atoms with Gasteiger partial charge in [0.05, 0.1) is 25.7 Å². The molecule has 0 aliphatic rings. The minimum absolute atomic E-state index is 0.121. The summed E-state index contributed by atoms with van der Waals surface area (Å²) in [6.07, 6.45) is 0.763. The third-order valence-electron chi connectivity index (χ3n) is 4.28. The van der Waals surface area contributed by atoms with Crippen LogP contribution in [0.5, 0.6) is 11.5 Å². The smallest absolute Gasteiger partial charge is 0.338 e. The van der Waals surface area contributed by atoms with Crippen LogP contribution < -0.4 is 9.47 Å². The third-order valence-corrected chi connectivity index (χ3v) is 4.28. The lowest BCUT2D eigenvalue weighted by Gasteiger charge is -2.08. The highest BCUT2D eigenvalue weighted by molar-refractivity contribution is 5.90. The summed E-state index contributed by atoms with van der Waals surface area (Å²) in [4.78, 5) is 24.4. The molecule has 3 aromatic carbocycles. The molecule has 0 amide bonds. The molecule has 3 aromatic rings. The molecule has 0 spiro atoms. The maximum Gasteiger partial charge on any atom is 0.338 e. The van der Waals surface area contributed by atoms with Crippen molar-refractivity contribution in [3.8, 4) is 11.5 Å². The Balaban J connectivity index is 1.52. The second-order valence-corrected chi connectivity index (χ2v) is 6.40. The average Bonchev–Trinajstić information content (AvgIpc) is 2.75. The van der Waals surface area contributed by atoms with E-state index in [1.165, 1.54) is 6.07 Å². The Bertz CT molecular complexity index is 949. The van der Waals surface area contributed by atoms with E-state index >= 15 is 0 Å². The number of rotatable bonds is 8. The van der Waals surface area contributed by atoms with Crippen molar-refractivity contribution in [3.63, 3.8) is 0 Å². The van der Waals surface area contributed by atoms with Gasteiger partial charge in [-0.3, -0.25) is 4.79 Å². The Kier molecular flexibility index (Phi) is 7.00. The van der Waals surface area contributed by atoms with Crippen LogP contribution in [-0.4, -0.2) is 25.7 Å². The fourth-order valence-electron chi connectivity index (χ4n) is 2.75. The normalized spacial score (nSPS) is 10.2. The molecule has 148 valence electrons. The predicted octanol–water partition coefficient (Wildman–Crippen LogP) is 4.24. The van der Waals surface area contributed by atoms with E-state index in [9.17, 15) is 9.59 Å². The molecule has 5 heteroatoms. The highest BCUT2D eigenvalue weighted by Crippen LogP contribution is 2.17. The maximum atomic E-state index is 12.2. The average molecular weight is 390 g/mol. The molecule has 0 atom stereocenters. The van der Waals surface area contributed by atoms with Crippen molar-refractivity contribution in [3.05, 3.63) is 95.6 Å². The van der Waals surface area contributed by atoms with Gasteiger partial charge >= 0.3 is 11.9 Å². The summed E-state index contributed by atoms with van der Waals surface area (Å²) in [6, 6.07) is 23.4. The van der Waals surface area contributed by atoms with E-state index < -0.39 is 11.9 Å². The van der Waals surface area contributed by atoms with Gasteiger partial charge in [-0.25, -0.2) is 4.79 Å². The molecule has 0 radical (unpaired) electrons. The number of methoxy groups -OCH3 is 1. The van der Waals surface area contributed by atoms with E-state index in [0.29, 0.717) is 17.7 Å². The van der Waals surface area contributed by atoms with Gasteiger partial charge in [0, 0.05) is 6.42 Å². The number of hydrogen-bond donors (Lipinski definition) is 0. The van der Waals surface area contributed by atoms with Crippen LogP contribution in [0.15, 0.2) is 78.9 Å². The molecule has 0 aliphatic heterocycles. The monoisotopic (exact) mass is 390 g/mol. The zero-order valence-corrected chi connectivity index (χ0v) is 16.2. The van der Waals surface area contributed by atoms with Crippen molar-refractivity contribution >= 4 is 11.9 Å². The van der Waals surface area contributed by atoms with Gasteiger partial charge < -0.3 is 14.2 Å². The number of esters is 2. The fourth-order valence-corrected chi connectivity index (χ4v) is 2.75. The van der Waals surface area contributed by atoms with Gasteiger partial charge in [0.15, 0.2) is 0 Å². The summed E-state index contributed by atoms with van der Waals surface area (Å²) in [5.74, 6) is 0.167. The van der Waals surface area contributed by atoms with Gasteiger partial charge in [0.2, 0.25) is 0 Å². The molecule has 0 N–H and O–H groups in total. The molecule has 3 rings (SSSR count). The van der Waals surface area contributed by atoms with Crippen molar-refractivity contribution in [1.82, 2.24) is 0 Å². The van der Waals surface area contributed by atoms with Crippen LogP contribution >= 0.6 is 0 Å². The minimum Gasteiger partial charge on any atom is -0.497 e. The number of carbonyl (C=O) groups is 2. The van der Waals surface area contributed by atoms with Crippen molar-refractivity contribution < 1.29 is 23.8 Å². The molecule has 5 nitrogen and oxygen atoms in total. The van der Waals surface area contributed by atoms with Crippen LogP contribution in [0.2, 0.25) is 0 Å². The summed E-state index contributed by atoms with van der Waals surface area (Å²) in [6.45, 7) is 0.282. The van der Waals surface area contributed by atoms with Gasteiger partial charge in [-0.2, -0.15) is 0 Å². The highest BCUT2D eigenvalue weighted by Gasteiger charge is 2.11. The van der Waals surface area contributed by atoms with E-state index in [0.717, 1.165) is 16.9 Å². The number of carbonyl (C=O) groups excluding carboxylic acids is 2. The Labute approximate surface area is 169 Å². The molecule has 0 aromatic heterocycles. The zero-order valence-electron chi connectivity index (χ0n) is 16.2.